The molecule has 1 N–H and O–H groups in total. The highest BCUT2D eigenvalue weighted by Gasteiger charge is 2.07. The summed E-state index contributed by atoms with van der Waals surface area (Å²) in [5.74, 6) is -0.247. The van der Waals surface area contributed by atoms with Crippen molar-refractivity contribution in [2.45, 2.75) is 13.0 Å². The normalized spacial score (nSPS) is 12.0. The smallest absolute Gasteiger partial charge is 0.270 e. The first kappa shape index (κ1) is 15.4. The van der Waals surface area contributed by atoms with E-state index in [-0.39, 0.29) is 17.6 Å². The highest BCUT2D eigenvalue weighted by Crippen LogP contribution is 2.14. The third-order valence-electron chi connectivity index (χ3n) is 3.17. The molecule has 0 saturated carbocycles. The standard InChI is InChI=1S/C17H16N2O3/c1-13(15-7-3-2-4-8-15)18-17(20)11-10-14-6-5-9-16(12-14)19(21)22/h2-13H,1H3,(H,18,20)/b11-10+. The maximum atomic E-state index is 11.9. The Balaban J connectivity index is 2.00. The van der Waals surface area contributed by atoms with E-state index in [0.29, 0.717) is 5.56 Å². The topological polar surface area (TPSA) is 72.2 Å². The van der Waals surface area contributed by atoms with Gasteiger partial charge in [0.25, 0.3) is 5.69 Å². The van der Waals surface area contributed by atoms with Gasteiger partial charge in [0.15, 0.2) is 0 Å². The molecular formula is C17H16N2O3. The molecule has 112 valence electrons. The minimum absolute atomic E-state index is 0.000196. The first-order valence-electron chi connectivity index (χ1n) is 6.84. The van der Waals surface area contributed by atoms with Crippen molar-refractivity contribution in [3.05, 3.63) is 81.9 Å². The van der Waals surface area contributed by atoms with Gasteiger partial charge in [-0.25, -0.2) is 0 Å². The van der Waals surface area contributed by atoms with E-state index in [2.05, 4.69) is 5.32 Å². The van der Waals surface area contributed by atoms with Gasteiger partial charge in [0.2, 0.25) is 5.91 Å². The van der Waals surface area contributed by atoms with E-state index in [1.165, 1.54) is 18.2 Å². The number of carbonyl (C=O) groups excluding carboxylic acids is 1. The van der Waals surface area contributed by atoms with Gasteiger partial charge in [0.05, 0.1) is 11.0 Å². The Morgan fingerprint density at radius 3 is 2.59 bits per heavy atom. The Morgan fingerprint density at radius 2 is 1.91 bits per heavy atom. The number of benzene rings is 2. The van der Waals surface area contributed by atoms with Crippen LogP contribution in [0.15, 0.2) is 60.7 Å². The Labute approximate surface area is 128 Å². The summed E-state index contributed by atoms with van der Waals surface area (Å²) in [5, 5.41) is 13.5. The van der Waals surface area contributed by atoms with Gasteiger partial charge in [-0.15, -0.1) is 0 Å². The number of hydrogen-bond donors (Lipinski definition) is 1. The molecule has 0 radical (unpaired) electrons. The molecule has 0 saturated heterocycles. The van der Waals surface area contributed by atoms with Gasteiger partial charge in [-0.3, -0.25) is 14.9 Å². The zero-order valence-electron chi connectivity index (χ0n) is 12.1. The van der Waals surface area contributed by atoms with Crippen LogP contribution in [0.3, 0.4) is 0 Å². The summed E-state index contributed by atoms with van der Waals surface area (Å²) in [6.45, 7) is 1.90. The van der Waals surface area contributed by atoms with E-state index in [1.54, 1.807) is 18.2 Å². The fourth-order valence-corrected chi connectivity index (χ4v) is 2.00. The van der Waals surface area contributed by atoms with Crippen LogP contribution in [-0.4, -0.2) is 10.8 Å². The number of nitrogens with one attached hydrogen (secondary N) is 1. The molecule has 2 aromatic rings. The largest absolute Gasteiger partial charge is 0.346 e. The van der Waals surface area contributed by atoms with Gasteiger partial charge in [-0.2, -0.15) is 0 Å². The van der Waals surface area contributed by atoms with Gasteiger partial charge >= 0.3 is 0 Å². The fraction of sp³-hybridized carbons (Fsp3) is 0.118. The summed E-state index contributed by atoms with van der Waals surface area (Å²) in [4.78, 5) is 22.1. The quantitative estimate of drug-likeness (QED) is 0.521. The van der Waals surface area contributed by atoms with Crippen LogP contribution < -0.4 is 5.32 Å². The lowest BCUT2D eigenvalue weighted by Crippen LogP contribution is -2.24. The zero-order valence-corrected chi connectivity index (χ0v) is 12.1. The van der Waals surface area contributed by atoms with E-state index in [1.807, 2.05) is 37.3 Å². The first-order valence-corrected chi connectivity index (χ1v) is 6.84. The minimum Gasteiger partial charge on any atom is -0.346 e. The molecule has 2 rings (SSSR count). The molecular weight excluding hydrogens is 280 g/mol. The summed E-state index contributed by atoms with van der Waals surface area (Å²) in [5.41, 5.74) is 1.62. The van der Waals surface area contributed by atoms with Crippen molar-refractivity contribution in [1.82, 2.24) is 5.32 Å². The van der Waals surface area contributed by atoms with Crippen molar-refractivity contribution in [1.29, 1.82) is 0 Å². The predicted octanol–water partition coefficient (Wildman–Crippen LogP) is 3.49. The molecule has 1 amide bonds. The van der Waals surface area contributed by atoms with Crippen molar-refractivity contribution >= 4 is 17.7 Å². The van der Waals surface area contributed by atoms with E-state index < -0.39 is 4.92 Å². The van der Waals surface area contributed by atoms with Crippen LogP contribution >= 0.6 is 0 Å². The van der Waals surface area contributed by atoms with Gasteiger partial charge in [-0.1, -0.05) is 42.5 Å². The number of carbonyl (C=O) groups is 1. The van der Waals surface area contributed by atoms with Crippen molar-refractivity contribution in [2.24, 2.45) is 0 Å². The maximum absolute atomic E-state index is 11.9. The lowest BCUT2D eigenvalue weighted by atomic mass is 10.1. The Morgan fingerprint density at radius 1 is 1.18 bits per heavy atom. The second kappa shape index (κ2) is 7.17. The Bertz CT molecular complexity index is 696. The molecule has 0 heterocycles. The minimum atomic E-state index is -0.463. The van der Waals surface area contributed by atoms with Gasteiger partial charge < -0.3 is 5.32 Å². The molecule has 1 unspecified atom stereocenters. The highest BCUT2D eigenvalue weighted by atomic mass is 16.6. The maximum Gasteiger partial charge on any atom is 0.270 e. The predicted molar refractivity (Wildman–Crippen MR) is 85.1 cm³/mol. The van der Waals surface area contributed by atoms with Crippen LogP contribution in [0.1, 0.15) is 24.1 Å². The molecule has 0 aliphatic rings. The van der Waals surface area contributed by atoms with E-state index in [0.717, 1.165) is 5.56 Å². The second-order valence-electron chi connectivity index (χ2n) is 4.83. The van der Waals surface area contributed by atoms with Gasteiger partial charge in [-0.05, 0) is 24.1 Å². The summed E-state index contributed by atoms with van der Waals surface area (Å²) in [6.07, 6.45) is 2.93. The summed E-state index contributed by atoms with van der Waals surface area (Å²) in [7, 11) is 0. The second-order valence-corrected chi connectivity index (χ2v) is 4.83. The van der Waals surface area contributed by atoms with E-state index in [4.69, 9.17) is 0 Å². The van der Waals surface area contributed by atoms with Crippen LogP contribution in [0.2, 0.25) is 0 Å². The Hall–Kier alpha value is -2.95. The molecule has 1 atom stereocenters. The van der Waals surface area contributed by atoms with Crippen molar-refractivity contribution in [3.8, 4) is 0 Å². The summed E-state index contributed by atoms with van der Waals surface area (Å²) < 4.78 is 0. The average Bonchev–Trinajstić information content (AvgIpc) is 2.54. The Kier molecular flexibility index (Phi) is 5.03. The van der Waals surface area contributed by atoms with E-state index >= 15 is 0 Å². The SMILES string of the molecule is CC(NC(=O)/C=C/c1cccc([N+](=O)[O-])c1)c1ccccc1. The number of amides is 1. The number of nitrogens with zero attached hydrogens (tertiary/aromatic N) is 1. The average molecular weight is 296 g/mol. The van der Waals surface area contributed by atoms with Crippen LogP contribution in [0.5, 0.6) is 0 Å². The lowest BCUT2D eigenvalue weighted by Gasteiger charge is -2.12. The zero-order chi connectivity index (χ0) is 15.9. The lowest BCUT2D eigenvalue weighted by molar-refractivity contribution is -0.384. The molecule has 0 bridgehead atoms. The molecule has 2 aromatic carbocycles. The monoisotopic (exact) mass is 296 g/mol. The van der Waals surface area contributed by atoms with E-state index in [9.17, 15) is 14.9 Å². The molecule has 5 heteroatoms. The third kappa shape index (κ3) is 4.28. The molecule has 0 aliphatic carbocycles. The molecule has 0 spiro atoms. The van der Waals surface area contributed by atoms with Crippen LogP contribution in [0, 0.1) is 10.1 Å². The van der Waals surface area contributed by atoms with Crippen molar-refractivity contribution in [3.63, 3.8) is 0 Å². The molecule has 0 aliphatic heterocycles. The van der Waals surface area contributed by atoms with Gasteiger partial charge in [0, 0.05) is 18.2 Å². The van der Waals surface area contributed by atoms with Crippen molar-refractivity contribution < 1.29 is 9.72 Å². The highest BCUT2D eigenvalue weighted by molar-refractivity contribution is 5.92. The van der Waals surface area contributed by atoms with Crippen LogP contribution in [0.25, 0.3) is 6.08 Å². The number of nitro groups is 1. The fourth-order valence-electron chi connectivity index (χ4n) is 2.00. The number of non-ortho nitro benzene ring substituents is 1. The van der Waals surface area contributed by atoms with Crippen LogP contribution in [-0.2, 0) is 4.79 Å². The number of rotatable bonds is 5. The summed E-state index contributed by atoms with van der Waals surface area (Å²) in [6, 6.07) is 15.6. The van der Waals surface area contributed by atoms with Gasteiger partial charge in [0.1, 0.15) is 0 Å². The third-order valence-corrected chi connectivity index (χ3v) is 3.17. The molecule has 5 nitrogen and oxygen atoms in total. The summed E-state index contributed by atoms with van der Waals surface area (Å²) >= 11 is 0. The number of nitro benzene ring substituents is 1. The number of hydrogen-bond acceptors (Lipinski definition) is 3. The first-order chi connectivity index (χ1) is 10.6. The molecule has 0 fully saturated rings. The molecule has 0 aromatic heterocycles. The van der Waals surface area contributed by atoms with Crippen LogP contribution in [0.4, 0.5) is 5.69 Å². The van der Waals surface area contributed by atoms with Crippen molar-refractivity contribution in [2.75, 3.05) is 0 Å². The molecule has 22 heavy (non-hydrogen) atoms.